The van der Waals surface area contributed by atoms with Gasteiger partial charge in [0, 0.05) is 19.3 Å². The van der Waals surface area contributed by atoms with Crippen molar-refractivity contribution in [1.29, 1.82) is 0 Å². The Hall–Kier alpha value is -1.85. The molecule has 1 amide bonds. The molecule has 1 aliphatic heterocycles. The van der Waals surface area contributed by atoms with Crippen molar-refractivity contribution in [2.75, 3.05) is 13.7 Å². The van der Waals surface area contributed by atoms with Gasteiger partial charge in [0.1, 0.15) is 6.04 Å². The van der Waals surface area contributed by atoms with E-state index < -0.39 is 6.04 Å². The van der Waals surface area contributed by atoms with Crippen LogP contribution in [0.2, 0.25) is 0 Å². The molecule has 2 heterocycles. The molecule has 0 N–H and O–H groups in total. The van der Waals surface area contributed by atoms with Crippen molar-refractivity contribution in [2.45, 2.75) is 32.2 Å². The Morgan fingerprint density at radius 1 is 1.42 bits per heavy atom. The standard InChI is InChI=1S/C13H19N3O3/c1-9-10(8-14-15(9)2)12(17)16-7-5-4-6-11(16)13(18)19-3/h8,11H,4-7H2,1-3H3. The number of amides is 1. The number of hydrogen-bond donors (Lipinski definition) is 0. The number of aromatic nitrogens is 2. The summed E-state index contributed by atoms with van der Waals surface area (Å²) in [5.41, 5.74) is 1.36. The van der Waals surface area contributed by atoms with Gasteiger partial charge in [0.25, 0.3) is 5.91 Å². The van der Waals surface area contributed by atoms with Crippen molar-refractivity contribution in [3.05, 3.63) is 17.5 Å². The van der Waals surface area contributed by atoms with Crippen molar-refractivity contribution in [3.8, 4) is 0 Å². The van der Waals surface area contributed by atoms with Gasteiger partial charge in [0.05, 0.1) is 18.9 Å². The number of aryl methyl sites for hydroxylation is 1. The van der Waals surface area contributed by atoms with Gasteiger partial charge < -0.3 is 9.64 Å². The highest BCUT2D eigenvalue weighted by molar-refractivity contribution is 5.97. The monoisotopic (exact) mass is 265 g/mol. The van der Waals surface area contributed by atoms with E-state index in [0.29, 0.717) is 18.5 Å². The number of ether oxygens (including phenoxy) is 1. The summed E-state index contributed by atoms with van der Waals surface area (Å²) >= 11 is 0. The molecule has 2 rings (SSSR count). The largest absolute Gasteiger partial charge is 0.467 e. The number of carbonyl (C=O) groups is 2. The smallest absolute Gasteiger partial charge is 0.328 e. The third kappa shape index (κ3) is 2.47. The molecule has 1 saturated heterocycles. The number of nitrogens with zero attached hydrogens (tertiary/aromatic N) is 3. The quantitative estimate of drug-likeness (QED) is 0.745. The molecular weight excluding hydrogens is 246 g/mol. The lowest BCUT2D eigenvalue weighted by atomic mass is 10.0. The highest BCUT2D eigenvalue weighted by Crippen LogP contribution is 2.21. The third-order valence-electron chi connectivity index (χ3n) is 3.70. The van der Waals surface area contributed by atoms with E-state index in [1.807, 2.05) is 6.92 Å². The van der Waals surface area contributed by atoms with E-state index in [9.17, 15) is 9.59 Å². The minimum atomic E-state index is -0.467. The molecule has 1 aromatic heterocycles. The van der Waals surface area contributed by atoms with Gasteiger partial charge >= 0.3 is 5.97 Å². The maximum Gasteiger partial charge on any atom is 0.328 e. The van der Waals surface area contributed by atoms with E-state index in [-0.39, 0.29) is 11.9 Å². The number of hydrogen-bond acceptors (Lipinski definition) is 4. The third-order valence-corrected chi connectivity index (χ3v) is 3.70. The SMILES string of the molecule is COC(=O)C1CCCCN1C(=O)c1cnn(C)c1C. The van der Waals surface area contributed by atoms with Crippen LogP contribution in [0.5, 0.6) is 0 Å². The van der Waals surface area contributed by atoms with Crippen LogP contribution in [0.25, 0.3) is 0 Å². The topological polar surface area (TPSA) is 64.4 Å². The molecule has 6 heteroatoms. The van der Waals surface area contributed by atoms with Crippen LogP contribution >= 0.6 is 0 Å². The molecule has 0 radical (unpaired) electrons. The van der Waals surface area contributed by atoms with E-state index in [1.54, 1.807) is 22.8 Å². The molecular formula is C13H19N3O3. The average molecular weight is 265 g/mol. The van der Waals surface area contributed by atoms with Gasteiger partial charge in [-0.2, -0.15) is 5.10 Å². The second-order valence-corrected chi connectivity index (χ2v) is 4.80. The molecule has 0 aromatic carbocycles. The van der Waals surface area contributed by atoms with Crippen LogP contribution in [0.15, 0.2) is 6.20 Å². The van der Waals surface area contributed by atoms with E-state index in [1.165, 1.54) is 7.11 Å². The van der Waals surface area contributed by atoms with Crippen molar-refractivity contribution in [1.82, 2.24) is 14.7 Å². The van der Waals surface area contributed by atoms with Crippen molar-refractivity contribution < 1.29 is 14.3 Å². The van der Waals surface area contributed by atoms with E-state index >= 15 is 0 Å². The van der Waals surface area contributed by atoms with Crippen LogP contribution in [-0.2, 0) is 16.6 Å². The number of esters is 1. The second-order valence-electron chi connectivity index (χ2n) is 4.80. The highest BCUT2D eigenvalue weighted by Gasteiger charge is 2.34. The zero-order chi connectivity index (χ0) is 14.0. The summed E-state index contributed by atoms with van der Waals surface area (Å²) in [5.74, 6) is -0.477. The fourth-order valence-corrected chi connectivity index (χ4v) is 2.42. The van der Waals surface area contributed by atoms with Crippen molar-refractivity contribution >= 4 is 11.9 Å². The van der Waals surface area contributed by atoms with E-state index in [0.717, 1.165) is 18.5 Å². The van der Waals surface area contributed by atoms with Crippen LogP contribution in [0.3, 0.4) is 0 Å². The van der Waals surface area contributed by atoms with E-state index in [2.05, 4.69) is 5.10 Å². The van der Waals surface area contributed by atoms with Crippen LogP contribution in [0, 0.1) is 6.92 Å². The molecule has 1 aromatic rings. The van der Waals surface area contributed by atoms with Crippen LogP contribution in [0.4, 0.5) is 0 Å². The van der Waals surface area contributed by atoms with Gasteiger partial charge in [-0.25, -0.2) is 4.79 Å². The van der Waals surface area contributed by atoms with E-state index in [4.69, 9.17) is 4.74 Å². The zero-order valence-electron chi connectivity index (χ0n) is 11.5. The molecule has 0 bridgehead atoms. The van der Waals surface area contributed by atoms with Crippen LogP contribution in [0.1, 0.15) is 35.3 Å². The molecule has 19 heavy (non-hydrogen) atoms. The first-order valence-corrected chi connectivity index (χ1v) is 6.43. The summed E-state index contributed by atoms with van der Waals surface area (Å²) < 4.78 is 6.44. The zero-order valence-corrected chi connectivity index (χ0v) is 11.5. The summed E-state index contributed by atoms with van der Waals surface area (Å²) in [6, 6.07) is -0.467. The molecule has 0 spiro atoms. The van der Waals surface area contributed by atoms with Gasteiger partial charge in [0.15, 0.2) is 0 Å². The number of piperidine rings is 1. The Kier molecular flexibility index (Phi) is 3.87. The lowest BCUT2D eigenvalue weighted by Gasteiger charge is -2.33. The molecule has 0 saturated carbocycles. The fraction of sp³-hybridized carbons (Fsp3) is 0.615. The summed E-state index contributed by atoms with van der Waals surface area (Å²) in [4.78, 5) is 25.9. The lowest BCUT2D eigenvalue weighted by molar-refractivity contribution is -0.147. The van der Waals surface area contributed by atoms with Gasteiger partial charge in [-0.05, 0) is 26.2 Å². The molecule has 0 aliphatic carbocycles. The lowest BCUT2D eigenvalue weighted by Crippen LogP contribution is -2.48. The summed E-state index contributed by atoms with van der Waals surface area (Å²) in [5, 5.41) is 4.08. The minimum absolute atomic E-state index is 0.138. The Morgan fingerprint density at radius 3 is 2.74 bits per heavy atom. The Bertz CT molecular complexity index is 495. The number of methoxy groups -OCH3 is 1. The predicted octanol–water partition coefficient (Wildman–Crippen LogP) is 0.896. The first-order chi connectivity index (χ1) is 9.06. The Morgan fingerprint density at radius 2 is 2.16 bits per heavy atom. The molecule has 1 atom stereocenters. The molecule has 1 unspecified atom stereocenters. The van der Waals surface area contributed by atoms with Gasteiger partial charge in [-0.15, -0.1) is 0 Å². The van der Waals surface area contributed by atoms with Crippen LogP contribution < -0.4 is 0 Å². The Labute approximate surface area is 112 Å². The number of carbonyl (C=O) groups excluding carboxylic acids is 2. The van der Waals surface area contributed by atoms with Crippen molar-refractivity contribution in [3.63, 3.8) is 0 Å². The van der Waals surface area contributed by atoms with Crippen molar-refractivity contribution in [2.24, 2.45) is 7.05 Å². The first-order valence-electron chi connectivity index (χ1n) is 6.43. The molecule has 6 nitrogen and oxygen atoms in total. The average Bonchev–Trinajstić information content (AvgIpc) is 2.77. The summed E-state index contributed by atoms with van der Waals surface area (Å²) in [6.07, 6.45) is 4.08. The van der Waals surface area contributed by atoms with Gasteiger partial charge in [-0.3, -0.25) is 9.48 Å². The maximum atomic E-state index is 12.5. The first kappa shape index (κ1) is 13.6. The normalized spacial score (nSPS) is 19.3. The number of rotatable bonds is 2. The van der Waals surface area contributed by atoms with Crippen LogP contribution in [-0.4, -0.2) is 46.3 Å². The second kappa shape index (κ2) is 5.42. The molecule has 1 fully saturated rings. The Balaban J connectivity index is 2.25. The number of likely N-dealkylation sites (tertiary alicyclic amines) is 1. The fourth-order valence-electron chi connectivity index (χ4n) is 2.42. The molecule has 1 aliphatic rings. The molecule has 104 valence electrons. The predicted molar refractivity (Wildman–Crippen MR) is 68.6 cm³/mol. The van der Waals surface area contributed by atoms with Gasteiger partial charge in [0.2, 0.25) is 0 Å². The summed E-state index contributed by atoms with van der Waals surface area (Å²) in [6.45, 7) is 2.43. The maximum absolute atomic E-state index is 12.5. The highest BCUT2D eigenvalue weighted by atomic mass is 16.5. The minimum Gasteiger partial charge on any atom is -0.467 e. The summed E-state index contributed by atoms with van der Waals surface area (Å²) in [7, 11) is 3.15. The van der Waals surface area contributed by atoms with Gasteiger partial charge in [-0.1, -0.05) is 0 Å².